The topological polar surface area (TPSA) is 76.0 Å². The summed E-state index contributed by atoms with van der Waals surface area (Å²) in [5.74, 6) is -2.58. The molecule has 2 N–H and O–H groups in total. The summed E-state index contributed by atoms with van der Waals surface area (Å²) in [7, 11) is 0. The molecular formula is C22H27F3N4O2. The average Bonchev–Trinajstić information content (AvgIpc) is 3.11. The molecule has 1 unspecified atom stereocenters. The third kappa shape index (κ3) is 4.91. The molecule has 1 aliphatic rings. The lowest BCUT2D eigenvalue weighted by Gasteiger charge is -2.30. The van der Waals surface area contributed by atoms with Crippen LogP contribution in [0.2, 0.25) is 0 Å². The molecule has 2 aromatic rings. The minimum atomic E-state index is -0.992. The second-order valence-corrected chi connectivity index (χ2v) is 8.72. The van der Waals surface area contributed by atoms with Crippen molar-refractivity contribution in [3.05, 3.63) is 41.2 Å². The van der Waals surface area contributed by atoms with Crippen molar-refractivity contribution in [2.45, 2.75) is 52.6 Å². The number of nitrogens with one attached hydrogen (secondary N) is 2. The fourth-order valence-electron chi connectivity index (χ4n) is 3.73. The Morgan fingerprint density at radius 3 is 2.58 bits per heavy atom. The van der Waals surface area contributed by atoms with Crippen LogP contribution in [0.15, 0.2) is 18.2 Å². The number of imidazole rings is 1. The largest absolute Gasteiger partial charge is 0.352 e. The van der Waals surface area contributed by atoms with Crippen LogP contribution in [0.5, 0.6) is 0 Å². The SMILES string of the molecule is CC(C)(C)C(NC(=O)c1nc(-c2ccc(F)c(F)c2)n2c1CCCC2)C(=O)NCCF. The Hall–Kier alpha value is -2.84. The van der Waals surface area contributed by atoms with Crippen LogP contribution >= 0.6 is 0 Å². The van der Waals surface area contributed by atoms with Gasteiger partial charge in [-0.25, -0.2) is 18.2 Å². The third-order valence-corrected chi connectivity index (χ3v) is 5.31. The molecule has 168 valence electrons. The average molecular weight is 436 g/mol. The van der Waals surface area contributed by atoms with E-state index in [2.05, 4.69) is 15.6 Å². The van der Waals surface area contributed by atoms with Crippen LogP contribution in [0.25, 0.3) is 11.4 Å². The first-order valence-corrected chi connectivity index (χ1v) is 10.3. The van der Waals surface area contributed by atoms with E-state index in [1.807, 2.05) is 4.57 Å². The number of rotatable bonds is 6. The summed E-state index contributed by atoms with van der Waals surface area (Å²) in [5.41, 5.74) is 0.597. The van der Waals surface area contributed by atoms with E-state index in [0.717, 1.165) is 25.0 Å². The molecule has 1 aromatic heterocycles. The van der Waals surface area contributed by atoms with Crippen molar-refractivity contribution in [1.29, 1.82) is 0 Å². The van der Waals surface area contributed by atoms with Gasteiger partial charge < -0.3 is 15.2 Å². The van der Waals surface area contributed by atoms with Crippen molar-refractivity contribution in [2.24, 2.45) is 5.41 Å². The molecule has 0 aliphatic carbocycles. The van der Waals surface area contributed by atoms with Crippen molar-refractivity contribution in [2.75, 3.05) is 13.2 Å². The molecule has 31 heavy (non-hydrogen) atoms. The van der Waals surface area contributed by atoms with Gasteiger partial charge in [-0.05, 0) is 42.9 Å². The number of halogens is 3. The zero-order chi connectivity index (χ0) is 22.8. The summed E-state index contributed by atoms with van der Waals surface area (Å²) in [4.78, 5) is 30.1. The van der Waals surface area contributed by atoms with Crippen molar-refractivity contribution in [3.8, 4) is 11.4 Å². The van der Waals surface area contributed by atoms with E-state index >= 15 is 0 Å². The number of hydrogen-bond donors (Lipinski definition) is 2. The number of benzene rings is 1. The number of carbonyl (C=O) groups is 2. The number of amides is 2. The highest BCUT2D eigenvalue weighted by Gasteiger charge is 2.35. The predicted octanol–water partition coefficient (Wildman–Crippen LogP) is 3.39. The normalized spacial score (nSPS) is 14.6. The molecule has 0 saturated heterocycles. The monoisotopic (exact) mass is 436 g/mol. The summed E-state index contributed by atoms with van der Waals surface area (Å²) in [6.07, 6.45) is 2.34. The Morgan fingerprint density at radius 2 is 1.94 bits per heavy atom. The second-order valence-electron chi connectivity index (χ2n) is 8.72. The summed E-state index contributed by atoms with van der Waals surface area (Å²) in [5, 5.41) is 5.20. The van der Waals surface area contributed by atoms with Crippen molar-refractivity contribution in [3.63, 3.8) is 0 Å². The van der Waals surface area contributed by atoms with E-state index in [4.69, 9.17) is 0 Å². The molecule has 0 bridgehead atoms. The van der Waals surface area contributed by atoms with E-state index < -0.39 is 41.6 Å². The van der Waals surface area contributed by atoms with Gasteiger partial charge in [0.25, 0.3) is 5.91 Å². The first-order chi connectivity index (χ1) is 14.6. The molecule has 9 heteroatoms. The van der Waals surface area contributed by atoms with E-state index in [-0.39, 0.29) is 12.2 Å². The van der Waals surface area contributed by atoms with Crippen molar-refractivity contribution < 1.29 is 22.8 Å². The molecule has 0 spiro atoms. The fourth-order valence-corrected chi connectivity index (χ4v) is 3.73. The number of nitrogens with zero attached hydrogens (tertiary/aromatic N) is 2. The van der Waals surface area contributed by atoms with E-state index in [1.54, 1.807) is 20.8 Å². The standard InChI is InChI=1S/C22H27F3N4O2/c1-22(2,3)18(21(31)26-10-9-23)28-20(30)17-16-6-4-5-11-29(16)19(27-17)13-7-8-14(24)15(25)12-13/h7-8,12,18H,4-6,9-11H2,1-3H3,(H,26,31)(H,28,30). The molecule has 1 atom stereocenters. The van der Waals surface area contributed by atoms with Crippen LogP contribution in [0.1, 0.15) is 49.8 Å². The van der Waals surface area contributed by atoms with E-state index in [0.29, 0.717) is 30.0 Å². The lowest BCUT2D eigenvalue weighted by Crippen LogP contribution is -2.54. The van der Waals surface area contributed by atoms with Gasteiger partial charge >= 0.3 is 0 Å². The van der Waals surface area contributed by atoms with Crippen LogP contribution in [0.3, 0.4) is 0 Å². The molecule has 3 rings (SSSR count). The van der Waals surface area contributed by atoms with Gasteiger partial charge in [-0.15, -0.1) is 0 Å². The molecule has 1 aromatic carbocycles. The highest BCUT2D eigenvalue weighted by atomic mass is 19.2. The molecule has 0 fully saturated rings. The first-order valence-electron chi connectivity index (χ1n) is 10.3. The lowest BCUT2D eigenvalue weighted by atomic mass is 9.86. The molecule has 6 nitrogen and oxygen atoms in total. The predicted molar refractivity (Wildman–Crippen MR) is 110 cm³/mol. The fraction of sp³-hybridized carbons (Fsp3) is 0.500. The molecule has 1 aliphatic heterocycles. The van der Waals surface area contributed by atoms with Gasteiger partial charge in [0.05, 0.1) is 5.69 Å². The first kappa shape index (κ1) is 22.8. The van der Waals surface area contributed by atoms with Gasteiger partial charge in [0.1, 0.15) is 24.2 Å². The second kappa shape index (κ2) is 9.11. The van der Waals surface area contributed by atoms with Gasteiger partial charge in [0.2, 0.25) is 5.91 Å². The van der Waals surface area contributed by atoms with Crippen LogP contribution in [0, 0.1) is 17.0 Å². The minimum absolute atomic E-state index is 0.137. The Kier molecular flexibility index (Phi) is 6.71. The third-order valence-electron chi connectivity index (χ3n) is 5.31. The maximum atomic E-state index is 13.8. The number of hydrogen-bond acceptors (Lipinski definition) is 3. The Bertz CT molecular complexity index is 982. The van der Waals surface area contributed by atoms with Crippen LogP contribution in [-0.4, -0.2) is 40.6 Å². The molecule has 2 heterocycles. The molecule has 0 radical (unpaired) electrons. The summed E-state index contributed by atoms with van der Waals surface area (Å²) < 4.78 is 41.5. The van der Waals surface area contributed by atoms with Gasteiger partial charge in [-0.2, -0.15) is 0 Å². The Labute approximate surface area is 179 Å². The number of carbonyl (C=O) groups excluding carboxylic acids is 2. The van der Waals surface area contributed by atoms with Gasteiger partial charge in [0.15, 0.2) is 11.6 Å². The molecule has 0 saturated carbocycles. The lowest BCUT2D eigenvalue weighted by molar-refractivity contribution is -0.125. The quantitative estimate of drug-likeness (QED) is 0.729. The van der Waals surface area contributed by atoms with Crippen molar-refractivity contribution >= 4 is 11.8 Å². The summed E-state index contributed by atoms with van der Waals surface area (Å²) in [6.45, 7) is 5.14. The smallest absolute Gasteiger partial charge is 0.272 e. The van der Waals surface area contributed by atoms with E-state index in [1.165, 1.54) is 6.07 Å². The number of alkyl halides is 1. The number of aromatic nitrogens is 2. The Morgan fingerprint density at radius 1 is 1.19 bits per heavy atom. The van der Waals surface area contributed by atoms with Crippen molar-refractivity contribution in [1.82, 2.24) is 20.2 Å². The zero-order valence-corrected chi connectivity index (χ0v) is 17.9. The van der Waals surface area contributed by atoms with Crippen LogP contribution < -0.4 is 10.6 Å². The van der Waals surface area contributed by atoms with E-state index in [9.17, 15) is 22.8 Å². The van der Waals surface area contributed by atoms with Crippen LogP contribution in [-0.2, 0) is 17.8 Å². The Balaban J connectivity index is 1.96. The maximum absolute atomic E-state index is 13.8. The highest BCUT2D eigenvalue weighted by Crippen LogP contribution is 2.29. The summed E-state index contributed by atoms with van der Waals surface area (Å²) >= 11 is 0. The van der Waals surface area contributed by atoms with Gasteiger partial charge in [-0.1, -0.05) is 20.8 Å². The summed E-state index contributed by atoms with van der Waals surface area (Å²) in [6, 6.07) is 2.61. The number of fused-ring (bicyclic) bond motifs is 1. The highest BCUT2D eigenvalue weighted by molar-refractivity contribution is 5.98. The van der Waals surface area contributed by atoms with Gasteiger partial charge in [-0.3, -0.25) is 9.59 Å². The maximum Gasteiger partial charge on any atom is 0.272 e. The zero-order valence-electron chi connectivity index (χ0n) is 17.9. The van der Waals surface area contributed by atoms with Crippen LogP contribution in [0.4, 0.5) is 13.2 Å². The van der Waals surface area contributed by atoms with Gasteiger partial charge in [0, 0.05) is 18.7 Å². The molecular weight excluding hydrogens is 409 g/mol. The molecule has 2 amide bonds. The minimum Gasteiger partial charge on any atom is -0.352 e.